The number of benzene rings is 2. The molecule has 0 spiro atoms. The smallest absolute Gasteiger partial charge is 0.296 e. The summed E-state index contributed by atoms with van der Waals surface area (Å²) in [6, 6.07) is 12.4. The minimum atomic E-state index is -1.12. The van der Waals surface area contributed by atoms with Crippen LogP contribution in [0.2, 0.25) is 5.02 Å². The molecule has 9 nitrogen and oxygen atoms in total. The van der Waals surface area contributed by atoms with Crippen molar-refractivity contribution in [3.8, 4) is 11.5 Å². The molecule has 0 fully saturated rings. The highest BCUT2D eigenvalue weighted by Gasteiger charge is 2.47. The van der Waals surface area contributed by atoms with Crippen molar-refractivity contribution in [3.63, 3.8) is 0 Å². The lowest BCUT2D eigenvalue weighted by atomic mass is 9.95. The minimum Gasteiger partial charge on any atom is -0.503 e. The fourth-order valence-electron chi connectivity index (χ4n) is 4.06. The van der Waals surface area contributed by atoms with Gasteiger partial charge in [-0.05, 0) is 64.3 Å². The molecule has 4 aromatic rings. The number of thioether (sulfide) groups is 1. The number of anilines is 1. The number of aliphatic hydroxyl groups is 1. The van der Waals surface area contributed by atoms with E-state index in [2.05, 4.69) is 26.1 Å². The van der Waals surface area contributed by atoms with Gasteiger partial charge < -0.3 is 19.4 Å². The van der Waals surface area contributed by atoms with Crippen LogP contribution in [0.5, 0.6) is 11.5 Å². The molecular formula is C26H19BrClN3O6S2. The summed E-state index contributed by atoms with van der Waals surface area (Å²) in [6.45, 7) is 1.68. The normalized spacial score (nSPS) is 15.3. The summed E-state index contributed by atoms with van der Waals surface area (Å²) < 4.78 is 11.6. The highest BCUT2D eigenvalue weighted by Crippen LogP contribution is 2.47. The third-order valence-corrected chi connectivity index (χ3v) is 8.99. The molecule has 13 heteroatoms. The lowest BCUT2D eigenvalue weighted by Gasteiger charge is -2.24. The van der Waals surface area contributed by atoms with Crippen LogP contribution in [0.4, 0.5) is 5.13 Å². The van der Waals surface area contributed by atoms with E-state index in [9.17, 15) is 19.8 Å². The Morgan fingerprint density at radius 3 is 2.69 bits per heavy atom. The summed E-state index contributed by atoms with van der Waals surface area (Å²) in [4.78, 5) is 28.2. The number of carbonyl (C=O) groups excluding carboxylic acids is 2. The van der Waals surface area contributed by atoms with E-state index in [0.29, 0.717) is 26.4 Å². The molecule has 1 unspecified atom stereocenters. The van der Waals surface area contributed by atoms with Gasteiger partial charge in [0.25, 0.3) is 5.91 Å². The van der Waals surface area contributed by atoms with Crippen molar-refractivity contribution in [2.75, 3.05) is 12.0 Å². The summed E-state index contributed by atoms with van der Waals surface area (Å²) in [6.07, 6.45) is 0. The third-order valence-electron chi connectivity index (χ3n) is 5.91. The second-order valence-electron chi connectivity index (χ2n) is 8.36. The number of methoxy groups -OCH3 is 1. The Balaban J connectivity index is 1.56. The largest absolute Gasteiger partial charge is 0.503 e. The van der Waals surface area contributed by atoms with Gasteiger partial charge in [0.2, 0.25) is 10.9 Å². The van der Waals surface area contributed by atoms with Gasteiger partial charge in [0, 0.05) is 10.8 Å². The standard InChI is InChI=1S/C26H19BrClN3O6S2/c1-12-7-8-17(37-12)22(33)19-20(14-9-15(27)21(32)18(10-14)36-2)31(24(35)23(19)34)25-29-30-26(39-25)38-11-13-5-3-4-6-16(13)28/h3-10,20,32,34H,11H2,1-2H3. The Bertz CT molecular complexity index is 1640. The molecule has 1 atom stereocenters. The molecule has 3 heterocycles. The number of aromatic hydroxyl groups is 1. The van der Waals surface area contributed by atoms with Crippen molar-refractivity contribution in [3.05, 3.63) is 92.0 Å². The van der Waals surface area contributed by atoms with Crippen molar-refractivity contribution in [1.29, 1.82) is 0 Å². The summed E-state index contributed by atoms with van der Waals surface area (Å²) in [5.74, 6) is -1.29. The fourth-order valence-corrected chi connectivity index (χ4v) is 6.67. The molecule has 0 saturated carbocycles. The van der Waals surface area contributed by atoms with E-state index in [1.54, 1.807) is 19.1 Å². The lowest BCUT2D eigenvalue weighted by molar-refractivity contribution is -0.117. The van der Waals surface area contributed by atoms with Crippen molar-refractivity contribution in [2.24, 2.45) is 0 Å². The van der Waals surface area contributed by atoms with E-state index < -0.39 is 23.5 Å². The number of halogens is 2. The van der Waals surface area contributed by atoms with Crippen LogP contribution in [-0.2, 0) is 10.5 Å². The summed E-state index contributed by atoms with van der Waals surface area (Å²) in [7, 11) is 1.38. The molecule has 39 heavy (non-hydrogen) atoms. The maximum Gasteiger partial charge on any atom is 0.296 e. The molecule has 0 bridgehead atoms. The Hall–Kier alpha value is -3.32. The van der Waals surface area contributed by atoms with Crippen molar-refractivity contribution < 1.29 is 29.0 Å². The Morgan fingerprint density at radius 2 is 2.00 bits per heavy atom. The van der Waals surface area contributed by atoms with E-state index >= 15 is 0 Å². The third kappa shape index (κ3) is 5.17. The molecule has 0 aliphatic carbocycles. The first-order valence-electron chi connectivity index (χ1n) is 11.3. The molecule has 0 saturated heterocycles. The molecule has 2 N–H and O–H groups in total. The Labute approximate surface area is 244 Å². The number of furan rings is 1. The molecule has 1 aliphatic rings. The van der Waals surface area contributed by atoms with E-state index in [-0.39, 0.29) is 32.4 Å². The average Bonchev–Trinajstić information content (AvgIpc) is 3.63. The lowest BCUT2D eigenvalue weighted by Crippen LogP contribution is -2.31. The monoisotopic (exact) mass is 647 g/mol. The van der Waals surface area contributed by atoms with Gasteiger partial charge in [-0.2, -0.15) is 0 Å². The van der Waals surface area contributed by atoms with E-state index in [0.717, 1.165) is 16.9 Å². The predicted molar refractivity (Wildman–Crippen MR) is 151 cm³/mol. The molecule has 1 amide bonds. The van der Waals surface area contributed by atoms with Gasteiger partial charge in [0.1, 0.15) is 5.76 Å². The molecule has 2 aromatic carbocycles. The number of aryl methyl sites for hydroxylation is 1. The van der Waals surface area contributed by atoms with Crippen LogP contribution in [-0.4, -0.2) is 39.2 Å². The number of carbonyl (C=O) groups is 2. The molecule has 200 valence electrons. The zero-order chi connectivity index (χ0) is 27.8. The number of hydrogen-bond donors (Lipinski definition) is 2. The summed E-state index contributed by atoms with van der Waals surface area (Å²) >= 11 is 12.1. The van der Waals surface area contributed by atoms with Gasteiger partial charge in [0.15, 0.2) is 27.4 Å². The molecule has 1 aliphatic heterocycles. The number of Topliss-reactive ketones (excluding diaryl/α,β-unsaturated/α-hetero) is 1. The Kier molecular flexibility index (Phi) is 7.72. The van der Waals surface area contributed by atoms with E-state index in [4.69, 9.17) is 20.8 Å². The quantitative estimate of drug-likeness (QED) is 0.123. The summed E-state index contributed by atoms with van der Waals surface area (Å²) in [5, 5.41) is 30.5. The van der Waals surface area contributed by atoms with Crippen LogP contribution in [0.1, 0.15) is 33.5 Å². The number of nitrogens with zero attached hydrogens (tertiary/aromatic N) is 3. The average molecular weight is 649 g/mol. The van der Waals surface area contributed by atoms with Gasteiger partial charge in [0.05, 0.1) is 23.2 Å². The molecule has 2 aromatic heterocycles. The van der Waals surface area contributed by atoms with Gasteiger partial charge in [-0.25, -0.2) is 0 Å². The Morgan fingerprint density at radius 1 is 1.23 bits per heavy atom. The minimum absolute atomic E-state index is 0.0354. The maximum atomic E-state index is 13.5. The molecule has 0 radical (unpaired) electrons. The maximum absolute atomic E-state index is 13.5. The SMILES string of the molecule is COc1cc(C2C(C(=O)c3ccc(C)o3)=C(O)C(=O)N2c2nnc(SCc3ccccc3Cl)s2)cc(Br)c1O. The fraction of sp³-hybridized carbons (Fsp3) is 0.154. The number of rotatable bonds is 8. The van der Waals surface area contributed by atoms with Crippen LogP contribution in [0.15, 0.2) is 73.1 Å². The van der Waals surface area contributed by atoms with Gasteiger partial charge in [-0.15, -0.1) is 10.2 Å². The van der Waals surface area contributed by atoms with Crippen LogP contribution in [0.3, 0.4) is 0 Å². The number of amides is 1. The van der Waals surface area contributed by atoms with Gasteiger partial charge in [-0.3, -0.25) is 14.5 Å². The first kappa shape index (κ1) is 27.3. The number of aromatic nitrogens is 2. The number of hydrogen-bond acceptors (Lipinski definition) is 10. The highest BCUT2D eigenvalue weighted by atomic mass is 79.9. The zero-order valence-corrected chi connectivity index (χ0v) is 24.3. The first-order chi connectivity index (χ1) is 18.7. The second kappa shape index (κ2) is 11.0. The van der Waals surface area contributed by atoms with Crippen LogP contribution < -0.4 is 9.64 Å². The van der Waals surface area contributed by atoms with Crippen molar-refractivity contribution >= 4 is 67.5 Å². The van der Waals surface area contributed by atoms with Crippen molar-refractivity contribution in [2.45, 2.75) is 23.1 Å². The van der Waals surface area contributed by atoms with Crippen LogP contribution in [0, 0.1) is 6.92 Å². The zero-order valence-electron chi connectivity index (χ0n) is 20.3. The predicted octanol–water partition coefficient (Wildman–Crippen LogP) is 6.64. The number of ketones is 1. The van der Waals surface area contributed by atoms with Crippen LogP contribution in [0.25, 0.3) is 0 Å². The van der Waals surface area contributed by atoms with E-state index in [1.165, 1.54) is 42.0 Å². The number of aliphatic hydroxyl groups excluding tert-OH is 1. The first-order valence-corrected chi connectivity index (χ1v) is 14.3. The highest BCUT2D eigenvalue weighted by molar-refractivity contribution is 9.10. The second-order valence-corrected chi connectivity index (χ2v) is 11.8. The number of phenols is 1. The van der Waals surface area contributed by atoms with Gasteiger partial charge >= 0.3 is 0 Å². The topological polar surface area (TPSA) is 126 Å². The van der Waals surface area contributed by atoms with Crippen LogP contribution >= 0.6 is 50.6 Å². The number of ether oxygens (including phenoxy) is 1. The molecular weight excluding hydrogens is 630 g/mol. The van der Waals surface area contributed by atoms with E-state index in [1.807, 2.05) is 18.2 Å². The van der Waals surface area contributed by atoms with Crippen molar-refractivity contribution in [1.82, 2.24) is 10.2 Å². The molecule has 5 rings (SSSR count). The van der Waals surface area contributed by atoms with Gasteiger partial charge in [-0.1, -0.05) is 52.9 Å². The summed E-state index contributed by atoms with van der Waals surface area (Å²) in [5.41, 5.74) is 1.09. The number of phenolic OH excluding ortho intramolecular Hbond substituents is 1.